The first-order valence-corrected chi connectivity index (χ1v) is 14.4. The van der Waals surface area contributed by atoms with E-state index in [1.165, 1.54) is 41.5 Å². The third-order valence-corrected chi connectivity index (χ3v) is 8.21. The van der Waals surface area contributed by atoms with Gasteiger partial charge in [-0.15, -0.1) is 0 Å². The van der Waals surface area contributed by atoms with Crippen molar-refractivity contribution in [2.24, 2.45) is 0 Å². The maximum absolute atomic E-state index is 14.1. The minimum absolute atomic E-state index is 0.0355. The van der Waals surface area contributed by atoms with E-state index in [-0.39, 0.29) is 45.1 Å². The average Bonchev–Trinajstić information content (AvgIpc) is 3.47. The van der Waals surface area contributed by atoms with E-state index in [9.17, 15) is 24.3 Å². The smallest absolute Gasteiger partial charge is 0.270 e. The Kier molecular flexibility index (Phi) is 6.74. The topological polar surface area (TPSA) is 104 Å². The molecule has 0 fully saturated rings. The minimum atomic E-state index is -0.747. The summed E-state index contributed by atoms with van der Waals surface area (Å²) in [5, 5.41) is 10.3. The maximum Gasteiger partial charge on any atom is 0.270 e. The number of aromatic hydroxyl groups is 1. The molecule has 0 unspecified atom stereocenters. The van der Waals surface area contributed by atoms with Crippen molar-refractivity contribution in [3.8, 4) is 17.2 Å². The van der Waals surface area contributed by atoms with Crippen LogP contribution in [0.2, 0.25) is 0 Å². The molecule has 8 nitrogen and oxygen atoms in total. The van der Waals surface area contributed by atoms with Crippen LogP contribution < -0.4 is 14.5 Å². The van der Waals surface area contributed by atoms with Gasteiger partial charge in [0.05, 0.1) is 33.6 Å². The summed E-state index contributed by atoms with van der Waals surface area (Å²) in [5.74, 6) is -2.22. The highest BCUT2D eigenvalue weighted by molar-refractivity contribution is 6.39. The summed E-state index contributed by atoms with van der Waals surface area (Å²) >= 11 is 0. The number of amides is 4. The lowest BCUT2D eigenvalue weighted by Gasteiger charge is -2.22. The van der Waals surface area contributed by atoms with Gasteiger partial charge in [-0.05, 0) is 73.4 Å². The first-order valence-electron chi connectivity index (χ1n) is 14.4. The molecule has 220 valence electrons. The van der Waals surface area contributed by atoms with Gasteiger partial charge in [-0.25, -0.2) is 9.80 Å². The zero-order chi connectivity index (χ0) is 31.2. The van der Waals surface area contributed by atoms with Gasteiger partial charge in [-0.1, -0.05) is 72.3 Å². The maximum atomic E-state index is 14.1. The number of fused-ring (bicyclic) bond motifs is 2. The Hall–Kier alpha value is -6.02. The molecular formula is C37H26N2O6. The largest absolute Gasteiger partial charge is 0.507 e. The Labute approximate surface area is 258 Å². The van der Waals surface area contributed by atoms with Gasteiger partial charge in [0.1, 0.15) is 17.2 Å². The number of carbonyl (C=O) groups is 4. The molecule has 4 aromatic carbocycles. The van der Waals surface area contributed by atoms with Crippen LogP contribution in [0.3, 0.4) is 0 Å². The van der Waals surface area contributed by atoms with E-state index in [2.05, 4.69) is 19.1 Å². The van der Waals surface area contributed by atoms with E-state index in [4.69, 9.17) is 4.74 Å². The van der Waals surface area contributed by atoms with Crippen molar-refractivity contribution < 1.29 is 29.0 Å². The summed E-state index contributed by atoms with van der Waals surface area (Å²) < 4.78 is 6.36. The van der Waals surface area contributed by atoms with Gasteiger partial charge in [0, 0.05) is 0 Å². The number of benzene rings is 4. The highest BCUT2D eigenvalue weighted by Gasteiger charge is 2.44. The van der Waals surface area contributed by atoms with Crippen molar-refractivity contribution in [1.82, 2.24) is 0 Å². The standard InChI is InChI=1S/C37H26N2O6/c1-22(23-11-3-2-4-12-23)21-24-13-5-8-19-30(24)45-31-20-10-15-26-33(31)37(44)39(35(26)42)28-17-7-6-16-27(28)38-34(41)25-14-9-18-29(40)32(25)36(38)43/h2-11,13-20,40H,12,21H2,1H3. The normalized spacial score (nSPS) is 16.4. The van der Waals surface area contributed by atoms with Crippen LogP contribution in [0.4, 0.5) is 11.4 Å². The fourth-order valence-electron chi connectivity index (χ4n) is 5.98. The van der Waals surface area contributed by atoms with Crippen LogP contribution in [0.5, 0.6) is 17.2 Å². The summed E-state index contributed by atoms with van der Waals surface area (Å²) in [6.45, 7) is 2.09. The average molecular weight is 595 g/mol. The second-order valence-corrected chi connectivity index (χ2v) is 10.9. The number of carbonyl (C=O) groups excluding carboxylic acids is 4. The van der Waals surface area contributed by atoms with Crippen LogP contribution in [0.1, 0.15) is 60.3 Å². The predicted molar refractivity (Wildman–Crippen MR) is 169 cm³/mol. The molecular weight excluding hydrogens is 568 g/mol. The molecule has 0 radical (unpaired) electrons. The molecule has 7 rings (SSSR count). The SMILES string of the molecule is CC(Cc1ccccc1Oc1cccc2c1C(=O)N(c1ccccc1N1C(=O)c3cccc(O)c3C1=O)C2=O)=C1C=CC=CC1. The highest BCUT2D eigenvalue weighted by atomic mass is 16.5. The molecule has 4 aromatic rings. The number of para-hydroxylation sites is 3. The predicted octanol–water partition coefficient (Wildman–Crippen LogP) is 7.16. The van der Waals surface area contributed by atoms with Crippen LogP contribution in [-0.4, -0.2) is 28.7 Å². The molecule has 2 heterocycles. The van der Waals surface area contributed by atoms with Gasteiger partial charge < -0.3 is 9.84 Å². The number of phenolic OH excluding ortho intramolecular Hbond substituents is 1. The van der Waals surface area contributed by atoms with Crippen LogP contribution in [0.15, 0.2) is 120 Å². The van der Waals surface area contributed by atoms with Gasteiger partial charge >= 0.3 is 0 Å². The third-order valence-electron chi connectivity index (χ3n) is 8.21. The second-order valence-electron chi connectivity index (χ2n) is 10.9. The molecule has 8 heteroatoms. The van der Waals surface area contributed by atoms with Crippen LogP contribution >= 0.6 is 0 Å². The summed E-state index contributed by atoms with van der Waals surface area (Å²) in [6.07, 6.45) is 9.75. The Morgan fingerprint density at radius 3 is 1.96 bits per heavy atom. The van der Waals surface area contributed by atoms with Crippen molar-refractivity contribution in [2.75, 3.05) is 9.80 Å². The summed E-state index contributed by atoms with van der Waals surface area (Å²) in [4.78, 5) is 56.4. The van der Waals surface area contributed by atoms with E-state index >= 15 is 0 Å². The van der Waals surface area contributed by atoms with Crippen molar-refractivity contribution in [3.05, 3.63) is 148 Å². The van der Waals surface area contributed by atoms with E-state index < -0.39 is 23.6 Å². The number of hydrogen-bond acceptors (Lipinski definition) is 6. The summed E-state index contributed by atoms with van der Waals surface area (Å²) in [6, 6.07) is 22.9. The zero-order valence-electron chi connectivity index (χ0n) is 24.2. The molecule has 0 atom stereocenters. The number of nitrogens with zero attached hydrogens (tertiary/aromatic N) is 2. The van der Waals surface area contributed by atoms with E-state index in [0.29, 0.717) is 12.2 Å². The fourth-order valence-corrected chi connectivity index (χ4v) is 5.98. The minimum Gasteiger partial charge on any atom is -0.507 e. The van der Waals surface area contributed by atoms with E-state index in [0.717, 1.165) is 21.8 Å². The Balaban J connectivity index is 1.24. The van der Waals surface area contributed by atoms with Crippen LogP contribution in [0.25, 0.3) is 0 Å². The van der Waals surface area contributed by atoms with E-state index in [1.54, 1.807) is 30.3 Å². The fraction of sp³-hybridized carbons (Fsp3) is 0.0811. The number of hydrogen-bond donors (Lipinski definition) is 1. The van der Waals surface area contributed by atoms with Crippen molar-refractivity contribution in [2.45, 2.75) is 19.8 Å². The Bertz CT molecular complexity index is 2050. The molecule has 1 N–H and O–H groups in total. The lowest BCUT2D eigenvalue weighted by molar-refractivity contribution is 0.0903. The number of anilines is 2. The molecule has 1 aliphatic carbocycles. The molecule has 0 saturated heterocycles. The molecule has 0 aromatic heterocycles. The molecule has 0 spiro atoms. The number of phenols is 1. The lowest BCUT2D eigenvalue weighted by Crippen LogP contribution is -2.35. The summed E-state index contributed by atoms with van der Waals surface area (Å²) in [5.41, 5.74) is 3.59. The molecule has 0 saturated carbocycles. The summed E-state index contributed by atoms with van der Waals surface area (Å²) in [7, 11) is 0. The van der Waals surface area contributed by atoms with Gasteiger partial charge in [-0.2, -0.15) is 0 Å². The highest BCUT2D eigenvalue weighted by Crippen LogP contribution is 2.42. The molecule has 2 aliphatic heterocycles. The first kappa shape index (κ1) is 27.8. The van der Waals surface area contributed by atoms with Crippen molar-refractivity contribution in [1.29, 1.82) is 0 Å². The third kappa shape index (κ3) is 4.55. The number of rotatable bonds is 6. The quantitative estimate of drug-likeness (QED) is 0.238. The van der Waals surface area contributed by atoms with Crippen molar-refractivity contribution in [3.63, 3.8) is 0 Å². The van der Waals surface area contributed by atoms with Crippen LogP contribution in [0, 0.1) is 0 Å². The monoisotopic (exact) mass is 594 g/mol. The Morgan fingerprint density at radius 1 is 0.689 bits per heavy atom. The van der Waals surface area contributed by atoms with Gasteiger partial charge in [-0.3, -0.25) is 19.2 Å². The van der Waals surface area contributed by atoms with E-state index in [1.807, 2.05) is 36.4 Å². The molecule has 45 heavy (non-hydrogen) atoms. The lowest BCUT2D eigenvalue weighted by atomic mass is 9.96. The first-order chi connectivity index (χ1) is 21.8. The van der Waals surface area contributed by atoms with Crippen molar-refractivity contribution >= 4 is 35.0 Å². The Morgan fingerprint density at radius 2 is 1.29 bits per heavy atom. The number of ether oxygens (including phenoxy) is 1. The zero-order valence-corrected chi connectivity index (χ0v) is 24.2. The molecule has 0 bridgehead atoms. The van der Waals surface area contributed by atoms with Gasteiger partial charge in [0.15, 0.2) is 0 Å². The molecule has 3 aliphatic rings. The number of imide groups is 2. The second kappa shape index (κ2) is 10.9. The van der Waals surface area contributed by atoms with Gasteiger partial charge in [0.25, 0.3) is 23.6 Å². The van der Waals surface area contributed by atoms with Gasteiger partial charge in [0.2, 0.25) is 0 Å². The number of allylic oxidation sites excluding steroid dienone is 6. The van der Waals surface area contributed by atoms with Crippen LogP contribution in [-0.2, 0) is 6.42 Å². The molecule has 4 amide bonds.